The maximum atomic E-state index is 11.9. The zero-order chi connectivity index (χ0) is 13.6. The highest BCUT2D eigenvalue weighted by atomic mass is 16.1. The van der Waals surface area contributed by atoms with E-state index in [0.29, 0.717) is 12.2 Å². The summed E-state index contributed by atoms with van der Waals surface area (Å²) in [5.41, 5.74) is 0.826. The number of rotatable bonds is 6. The van der Waals surface area contributed by atoms with Crippen molar-refractivity contribution < 1.29 is 4.79 Å². The van der Waals surface area contributed by atoms with Gasteiger partial charge in [0.25, 0.3) is 0 Å². The fourth-order valence-corrected chi connectivity index (χ4v) is 1.70. The van der Waals surface area contributed by atoms with Crippen LogP contribution in [0.4, 0.5) is 0 Å². The smallest absolute Gasteiger partial charge is 0.139 e. The van der Waals surface area contributed by atoms with Gasteiger partial charge in [0, 0.05) is 31.1 Å². The van der Waals surface area contributed by atoms with E-state index in [2.05, 4.69) is 16.8 Å². The number of pyridine rings is 1. The van der Waals surface area contributed by atoms with Gasteiger partial charge in [0.15, 0.2) is 0 Å². The average Bonchev–Trinajstić information content (AvgIpc) is 2.34. The van der Waals surface area contributed by atoms with Crippen molar-refractivity contribution in [1.29, 1.82) is 0 Å². The Bertz CT molecular complexity index is 368. The summed E-state index contributed by atoms with van der Waals surface area (Å²) in [6.07, 6.45) is 2.42. The molecule has 0 aliphatic carbocycles. The summed E-state index contributed by atoms with van der Waals surface area (Å²) in [6, 6.07) is 5.94. The van der Waals surface area contributed by atoms with Crippen LogP contribution in [-0.4, -0.2) is 28.8 Å². The Morgan fingerprint density at radius 2 is 2.06 bits per heavy atom. The molecule has 0 aromatic carbocycles. The molecule has 3 heteroatoms. The van der Waals surface area contributed by atoms with Gasteiger partial charge in [-0.1, -0.05) is 33.8 Å². The first-order chi connectivity index (χ1) is 8.43. The first-order valence-electron chi connectivity index (χ1n) is 6.59. The van der Waals surface area contributed by atoms with Gasteiger partial charge in [-0.2, -0.15) is 0 Å². The summed E-state index contributed by atoms with van der Waals surface area (Å²) >= 11 is 0. The molecule has 100 valence electrons. The number of Topliss-reactive ketones (excluding diaryl/α,β-unsaturated/α-hetero) is 1. The van der Waals surface area contributed by atoms with Gasteiger partial charge in [-0.15, -0.1) is 0 Å². The number of nitrogens with zero attached hydrogens (tertiary/aromatic N) is 2. The lowest BCUT2D eigenvalue weighted by Crippen LogP contribution is -2.29. The summed E-state index contributed by atoms with van der Waals surface area (Å²) in [5, 5.41) is 0. The van der Waals surface area contributed by atoms with Crippen molar-refractivity contribution >= 4 is 5.78 Å². The lowest BCUT2D eigenvalue weighted by atomic mass is 9.89. The van der Waals surface area contributed by atoms with E-state index in [1.54, 1.807) is 0 Å². The number of aromatic nitrogens is 1. The third kappa shape index (κ3) is 4.96. The van der Waals surface area contributed by atoms with Gasteiger partial charge in [0.1, 0.15) is 5.78 Å². The highest BCUT2D eigenvalue weighted by molar-refractivity contribution is 5.83. The molecule has 0 atom stereocenters. The summed E-state index contributed by atoms with van der Waals surface area (Å²) in [5.74, 6) is 0.321. The standard InChI is InChI=1S/C15H24N2O/c1-5-17(11-9-14(18)15(2,3)4)12-13-8-6-7-10-16-13/h6-8,10H,5,9,11-12H2,1-4H3. The molecule has 0 unspecified atom stereocenters. The second kappa shape index (κ2) is 6.64. The van der Waals surface area contributed by atoms with Crippen LogP contribution in [0.15, 0.2) is 24.4 Å². The van der Waals surface area contributed by atoms with Crippen LogP contribution in [0, 0.1) is 5.41 Å². The maximum absolute atomic E-state index is 11.9. The minimum Gasteiger partial charge on any atom is -0.299 e. The van der Waals surface area contributed by atoms with Crippen LogP contribution in [0.5, 0.6) is 0 Å². The Balaban J connectivity index is 2.46. The van der Waals surface area contributed by atoms with Crippen molar-refractivity contribution in [2.45, 2.75) is 40.7 Å². The average molecular weight is 248 g/mol. The zero-order valence-corrected chi connectivity index (χ0v) is 11.9. The predicted molar refractivity (Wildman–Crippen MR) is 74.3 cm³/mol. The van der Waals surface area contributed by atoms with Gasteiger partial charge < -0.3 is 0 Å². The Kier molecular flexibility index (Phi) is 5.48. The quantitative estimate of drug-likeness (QED) is 0.776. The third-order valence-corrected chi connectivity index (χ3v) is 3.05. The van der Waals surface area contributed by atoms with Gasteiger partial charge in [-0.3, -0.25) is 14.7 Å². The Morgan fingerprint density at radius 3 is 2.56 bits per heavy atom. The lowest BCUT2D eigenvalue weighted by molar-refractivity contribution is -0.126. The second-order valence-electron chi connectivity index (χ2n) is 5.61. The number of ketones is 1. The van der Waals surface area contributed by atoms with E-state index in [0.717, 1.165) is 25.3 Å². The van der Waals surface area contributed by atoms with Crippen LogP contribution < -0.4 is 0 Å². The fraction of sp³-hybridized carbons (Fsp3) is 0.600. The molecule has 0 radical (unpaired) electrons. The molecule has 18 heavy (non-hydrogen) atoms. The molecule has 1 rings (SSSR count). The van der Waals surface area contributed by atoms with Gasteiger partial charge in [-0.25, -0.2) is 0 Å². The molecule has 0 fully saturated rings. The largest absolute Gasteiger partial charge is 0.299 e. The van der Waals surface area contributed by atoms with Gasteiger partial charge in [-0.05, 0) is 18.7 Å². The van der Waals surface area contributed by atoms with Crippen LogP contribution in [0.1, 0.15) is 39.8 Å². The SMILES string of the molecule is CCN(CCC(=O)C(C)(C)C)Cc1ccccn1. The van der Waals surface area contributed by atoms with E-state index in [1.165, 1.54) is 0 Å². The molecule has 3 nitrogen and oxygen atoms in total. The molecule has 0 aliphatic heterocycles. The predicted octanol–water partition coefficient (Wildman–Crippen LogP) is 2.91. The highest BCUT2D eigenvalue weighted by Crippen LogP contribution is 2.17. The van der Waals surface area contributed by atoms with Gasteiger partial charge in [0.05, 0.1) is 5.69 Å². The molecule has 0 amide bonds. The third-order valence-electron chi connectivity index (χ3n) is 3.05. The van der Waals surface area contributed by atoms with Crippen LogP contribution in [-0.2, 0) is 11.3 Å². The molecule has 0 saturated heterocycles. The van der Waals surface area contributed by atoms with E-state index in [-0.39, 0.29) is 5.41 Å². The van der Waals surface area contributed by atoms with Gasteiger partial charge >= 0.3 is 0 Å². The molecule has 1 heterocycles. The maximum Gasteiger partial charge on any atom is 0.139 e. The molecule has 0 spiro atoms. The number of hydrogen-bond acceptors (Lipinski definition) is 3. The highest BCUT2D eigenvalue weighted by Gasteiger charge is 2.21. The molecule has 0 aliphatic rings. The van der Waals surface area contributed by atoms with Crippen LogP contribution >= 0.6 is 0 Å². The van der Waals surface area contributed by atoms with E-state index in [9.17, 15) is 4.79 Å². The van der Waals surface area contributed by atoms with Crippen molar-refractivity contribution in [3.8, 4) is 0 Å². The number of carbonyl (C=O) groups is 1. The second-order valence-corrected chi connectivity index (χ2v) is 5.61. The van der Waals surface area contributed by atoms with Crippen molar-refractivity contribution in [1.82, 2.24) is 9.88 Å². The van der Waals surface area contributed by atoms with Crippen LogP contribution in [0.2, 0.25) is 0 Å². The Morgan fingerprint density at radius 1 is 1.33 bits per heavy atom. The fourth-order valence-electron chi connectivity index (χ4n) is 1.70. The summed E-state index contributed by atoms with van der Waals surface area (Å²) in [4.78, 5) is 18.5. The normalized spacial score (nSPS) is 11.8. The Hall–Kier alpha value is -1.22. The molecule has 0 N–H and O–H groups in total. The van der Waals surface area contributed by atoms with Crippen LogP contribution in [0.3, 0.4) is 0 Å². The van der Waals surface area contributed by atoms with Crippen LogP contribution in [0.25, 0.3) is 0 Å². The van der Waals surface area contributed by atoms with E-state index >= 15 is 0 Å². The first-order valence-corrected chi connectivity index (χ1v) is 6.59. The van der Waals surface area contributed by atoms with Crippen molar-refractivity contribution in [2.75, 3.05) is 13.1 Å². The molecule has 0 bridgehead atoms. The summed E-state index contributed by atoms with van der Waals surface area (Å²) < 4.78 is 0. The van der Waals surface area contributed by atoms with Gasteiger partial charge in [0.2, 0.25) is 0 Å². The molecule has 1 aromatic heterocycles. The minimum atomic E-state index is -0.232. The summed E-state index contributed by atoms with van der Waals surface area (Å²) in [6.45, 7) is 10.6. The topological polar surface area (TPSA) is 33.2 Å². The summed E-state index contributed by atoms with van der Waals surface area (Å²) in [7, 11) is 0. The molecule has 0 saturated carbocycles. The van der Waals surface area contributed by atoms with Crippen molar-refractivity contribution in [3.63, 3.8) is 0 Å². The van der Waals surface area contributed by atoms with E-state index < -0.39 is 0 Å². The first kappa shape index (κ1) is 14.8. The molecule has 1 aromatic rings. The Labute approximate surface area is 110 Å². The molecular weight excluding hydrogens is 224 g/mol. The number of hydrogen-bond donors (Lipinski definition) is 0. The lowest BCUT2D eigenvalue weighted by Gasteiger charge is -2.22. The van der Waals surface area contributed by atoms with Crippen molar-refractivity contribution in [2.24, 2.45) is 5.41 Å². The zero-order valence-electron chi connectivity index (χ0n) is 11.9. The van der Waals surface area contributed by atoms with Crippen molar-refractivity contribution in [3.05, 3.63) is 30.1 Å². The molecular formula is C15H24N2O. The number of carbonyl (C=O) groups excluding carboxylic acids is 1. The minimum absolute atomic E-state index is 0.232. The van der Waals surface area contributed by atoms with E-state index in [1.807, 2.05) is 45.2 Å². The van der Waals surface area contributed by atoms with E-state index in [4.69, 9.17) is 0 Å². The monoisotopic (exact) mass is 248 g/mol.